The Morgan fingerprint density at radius 1 is 1.07 bits per heavy atom. The molecule has 0 atom stereocenters. The average molecular weight is 398 g/mol. The fraction of sp³-hybridized carbons (Fsp3) is 0.150. The largest absolute Gasteiger partial charge is 0.349 e. The molecule has 3 N–H and O–H groups in total. The number of amides is 1. The van der Waals surface area contributed by atoms with Crippen LogP contribution in [-0.2, 0) is 0 Å². The maximum absolute atomic E-state index is 13.1. The third-order valence-corrected chi connectivity index (χ3v) is 4.46. The normalized spacial score (nSPS) is 13.1. The number of anilines is 4. The third-order valence-electron chi connectivity index (χ3n) is 4.18. The minimum Gasteiger partial charge on any atom is -0.349 e. The van der Waals surface area contributed by atoms with Gasteiger partial charge in [0.05, 0.1) is 17.4 Å². The summed E-state index contributed by atoms with van der Waals surface area (Å²) in [6.07, 6.45) is 3.48. The lowest BCUT2D eigenvalue weighted by molar-refractivity contribution is 0.0952. The van der Waals surface area contributed by atoms with Crippen LogP contribution in [0.5, 0.6) is 0 Å². The van der Waals surface area contributed by atoms with Crippen LogP contribution in [0.4, 0.5) is 27.5 Å². The zero-order valence-electron chi connectivity index (χ0n) is 14.7. The number of nitrogens with one attached hydrogen (secondary N) is 3. The molecule has 0 radical (unpaired) electrons. The number of nitrogens with zero attached hydrogens (tertiary/aromatic N) is 2. The van der Waals surface area contributed by atoms with Crippen LogP contribution >= 0.6 is 11.6 Å². The molecule has 0 bridgehead atoms. The minimum atomic E-state index is -0.328. The lowest BCUT2D eigenvalue weighted by Gasteiger charge is -2.13. The van der Waals surface area contributed by atoms with E-state index in [2.05, 4.69) is 25.9 Å². The van der Waals surface area contributed by atoms with Gasteiger partial charge in [-0.05, 0) is 49.2 Å². The highest BCUT2D eigenvalue weighted by Gasteiger charge is 2.25. The predicted octanol–water partition coefficient (Wildman–Crippen LogP) is 4.65. The second-order valence-electron chi connectivity index (χ2n) is 6.44. The Labute approximate surface area is 166 Å². The molecule has 8 heteroatoms. The van der Waals surface area contributed by atoms with Gasteiger partial charge in [0.15, 0.2) is 5.82 Å². The van der Waals surface area contributed by atoms with Crippen molar-refractivity contribution in [2.75, 3.05) is 10.6 Å². The van der Waals surface area contributed by atoms with E-state index in [0.717, 1.165) is 12.8 Å². The fourth-order valence-corrected chi connectivity index (χ4v) is 2.72. The predicted molar refractivity (Wildman–Crippen MR) is 107 cm³/mol. The first-order valence-corrected chi connectivity index (χ1v) is 9.18. The molecular weight excluding hydrogens is 381 g/mol. The van der Waals surface area contributed by atoms with E-state index < -0.39 is 0 Å². The van der Waals surface area contributed by atoms with Crippen molar-refractivity contribution in [3.63, 3.8) is 0 Å². The van der Waals surface area contributed by atoms with Gasteiger partial charge < -0.3 is 16.0 Å². The molecule has 1 fully saturated rings. The van der Waals surface area contributed by atoms with Crippen LogP contribution in [-0.4, -0.2) is 21.9 Å². The van der Waals surface area contributed by atoms with Crippen LogP contribution in [0, 0.1) is 5.82 Å². The van der Waals surface area contributed by atoms with E-state index in [-0.39, 0.29) is 17.8 Å². The van der Waals surface area contributed by atoms with Gasteiger partial charge in [-0.2, -0.15) is 4.98 Å². The number of aromatic nitrogens is 2. The number of para-hydroxylation sites is 1. The van der Waals surface area contributed by atoms with Gasteiger partial charge in [-0.15, -0.1) is 0 Å². The molecule has 3 aromatic rings. The minimum absolute atomic E-state index is 0.138. The highest BCUT2D eigenvalue weighted by atomic mass is 35.5. The van der Waals surface area contributed by atoms with Crippen LogP contribution in [0.15, 0.2) is 54.7 Å². The smallest absolute Gasteiger partial charge is 0.253 e. The Morgan fingerprint density at radius 3 is 2.57 bits per heavy atom. The number of halogens is 2. The summed E-state index contributed by atoms with van der Waals surface area (Å²) in [5.41, 5.74) is 1.74. The second-order valence-corrected chi connectivity index (χ2v) is 6.85. The van der Waals surface area contributed by atoms with Crippen molar-refractivity contribution in [1.82, 2.24) is 15.3 Å². The van der Waals surface area contributed by atoms with E-state index in [4.69, 9.17) is 11.6 Å². The summed E-state index contributed by atoms with van der Waals surface area (Å²) >= 11 is 6.23. The summed E-state index contributed by atoms with van der Waals surface area (Å²) in [6.45, 7) is 0. The molecule has 142 valence electrons. The van der Waals surface area contributed by atoms with Crippen molar-refractivity contribution in [3.05, 3.63) is 71.1 Å². The molecule has 1 aliphatic carbocycles. The highest BCUT2D eigenvalue weighted by molar-refractivity contribution is 6.33. The number of carbonyl (C=O) groups is 1. The van der Waals surface area contributed by atoms with Crippen molar-refractivity contribution in [1.29, 1.82) is 0 Å². The summed E-state index contributed by atoms with van der Waals surface area (Å²) < 4.78 is 13.1. The van der Waals surface area contributed by atoms with E-state index in [0.29, 0.717) is 33.7 Å². The van der Waals surface area contributed by atoms with Crippen molar-refractivity contribution >= 4 is 40.6 Å². The van der Waals surface area contributed by atoms with Gasteiger partial charge in [-0.25, -0.2) is 9.37 Å². The first-order valence-electron chi connectivity index (χ1n) is 8.80. The summed E-state index contributed by atoms with van der Waals surface area (Å²) in [5.74, 6) is 0.179. The Bertz CT molecular complexity index is 1010. The number of benzene rings is 2. The van der Waals surface area contributed by atoms with E-state index in [1.54, 1.807) is 30.3 Å². The first kappa shape index (κ1) is 18.2. The molecule has 1 heterocycles. The second kappa shape index (κ2) is 7.82. The molecule has 4 rings (SSSR count). The standard InChI is InChI=1S/C20H17ClFN5O/c21-16-11-23-20(25-14-7-5-12(22)6-8-14)27-18(16)26-17-4-2-1-3-15(17)19(28)24-13-9-10-13/h1-8,11,13H,9-10H2,(H,24,28)(H2,23,25,26,27). The van der Waals surface area contributed by atoms with Gasteiger partial charge in [0, 0.05) is 11.7 Å². The number of hydrogen-bond acceptors (Lipinski definition) is 5. The summed E-state index contributed by atoms with van der Waals surface area (Å²) in [7, 11) is 0. The van der Waals surface area contributed by atoms with Gasteiger partial charge in [-0.1, -0.05) is 23.7 Å². The number of hydrogen-bond donors (Lipinski definition) is 3. The van der Waals surface area contributed by atoms with Crippen molar-refractivity contribution in [3.8, 4) is 0 Å². The van der Waals surface area contributed by atoms with E-state index in [1.165, 1.54) is 18.3 Å². The highest BCUT2D eigenvalue weighted by Crippen LogP contribution is 2.27. The quantitative estimate of drug-likeness (QED) is 0.564. The molecule has 0 spiro atoms. The van der Waals surface area contributed by atoms with Gasteiger partial charge in [0.1, 0.15) is 10.8 Å². The summed E-state index contributed by atoms with van der Waals surface area (Å²) in [5, 5.41) is 9.38. The molecule has 28 heavy (non-hydrogen) atoms. The molecule has 1 saturated carbocycles. The molecule has 0 unspecified atom stereocenters. The summed E-state index contributed by atoms with van der Waals surface area (Å²) in [6, 6.07) is 13.3. The number of rotatable bonds is 6. The van der Waals surface area contributed by atoms with Crippen molar-refractivity contribution in [2.24, 2.45) is 0 Å². The van der Waals surface area contributed by atoms with Crippen LogP contribution in [0.25, 0.3) is 0 Å². The zero-order chi connectivity index (χ0) is 19.5. The average Bonchev–Trinajstić information content (AvgIpc) is 3.50. The monoisotopic (exact) mass is 397 g/mol. The topological polar surface area (TPSA) is 78.9 Å². The lowest BCUT2D eigenvalue weighted by atomic mass is 10.1. The summed E-state index contributed by atoms with van der Waals surface area (Å²) in [4.78, 5) is 21.0. The molecule has 1 aromatic heterocycles. The molecule has 1 aliphatic rings. The van der Waals surface area contributed by atoms with E-state index in [9.17, 15) is 9.18 Å². The van der Waals surface area contributed by atoms with E-state index in [1.807, 2.05) is 6.07 Å². The maximum atomic E-state index is 13.1. The molecule has 0 saturated heterocycles. The molecule has 1 amide bonds. The van der Waals surface area contributed by atoms with Gasteiger partial charge in [0.25, 0.3) is 5.91 Å². The van der Waals surface area contributed by atoms with Crippen LogP contribution in [0.1, 0.15) is 23.2 Å². The molecular formula is C20H17ClFN5O. The SMILES string of the molecule is O=C(NC1CC1)c1ccccc1Nc1nc(Nc2ccc(F)cc2)ncc1Cl. The Hall–Kier alpha value is -3.19. The van der Waals surface area contributed by atoms with Crippen LogP contribution < -0.4 is 16.0 Å². The Balaban J connectivity index is 1.56. The van der Waals surface area contributed by atoms with Crippen molar-refractivity contribution < 1.29 is 9.18 Å². The molecule has 2 aromatic carbocycles. The molecule has 6 nitrogen and oxygen atoms in total. The van der Waals surface area contributed by atoms with Gasteiger partial charge >= 0.3 is 0 Å². The lowest BCUT2D eigenvalue weighted by Crippen LogP contribution is -2.26. The Kier molecular flexibility index (Phi) is 5.08. The van der Waals surface area contributed by atoms with Gasteiger partial charge in [0.2, 0.25) is 5.95 Å². The molecule has 0 aliphatic heterocycles. The van der Waals surface area contributed by atoms with Crippen LogP contribution in [0.3, 0.4) is 0 Å². The Morgan fingerprint density at radius 2 is 1.82 bits per heavy atom. The van der Waals surface area contributed by atoms with Gasteiger partial charge in [-0.3, -0.25) is 4.79 Å². The zero-order valence-corrected chi connectivity index (χ0v) is 15.5. The van der Waals surface area contributed by atoms with Crippen molar-refractivity contribution in [2.45, 2.75) is 18.9 Å². The third kappa shape index (κ3) is 4.37. The van der Waals surface area contributed by atoms with E-state index >= 15 is 0 Å². The maximum Gasteiger partial charge on any atom is 0.253 e. The number of carbonyl (C=O) groups excluding carboxylic acids is 1. The first-order chi connectivity index (χ1) is 13.6. The fourth-order valence-electron chi connectivity index (χ4n) is 2.59. The van der Waals surface area contributed by atoms with Crippen LogP contribution in [0.2, 0.25) is 5.02 Å².